The van der Waals surface area contributed by atoms with E-state index in [2.05, 4.69) is 29.2 Å². The van der Waals surface area contributed by atoms with Gasteiger partial charge in [-0.25, -0.2) is 0 Å². The van der Waals surface area contributed by atoms with E-state index < -0.39 is 0 Å². The van der Waals surface area contributed by atoms with Crippen LogP contribution < -0.4 is 4.74 Å². The molecule has 0 amide bonds. The standard InChI is InChI=1S/C15H22ClNO/c1-18-15-5-3-13(4-6-15)14-7-11-17(12-8-14)10-2-9-16/h3-6,14H,2,7-12H2,1H3. The highest BCUT2D eigenvalue weighted by atomic mass is 35.5. The molecule has 1 aromatic rings. The Morgan fingerprint density at radius 2 is 1.89 bits per heavy atom. The lowest BCUT2D eigenvalue weighted by Gasteiger charge is -2.32. The topological polar surface area (TPSA) is 12.5 Å². The van der Waals surface area contributed by atoms with Crippen molar-refractivity contribution in [1.82, 2.24) is 4.90 Å². The molecule has 0 bridgehead atoms. The second-order valence-corrected chi connectivity index (χ2v) is 5.31. The Labute approximate surface area is 115 Å². The van der Waals surface area contributed by atoms with Crippen molar-refractivity contribution < 1.29 is 4.74 Å². The zero-order chi connectivity index (χ0) is 12.8. The molecule has 0 saturated carbocycles. The average Bonchev–Trinajstić information content (AvgIpc) is 2.46. The van der Waals surface area contributed by atoms with Gasteiger partial charge in [0.2, 0.25) is 0 Å². The van der Waals surface area contributed by atoms with E-state index in [-0.39, 0.29) is 0 Å². The molecule has 100 valence electrons. The van der Waals surface area contributed by atoms with Gasteiger partial charge in [-0.2, -0.15) is 0 Å². The molecular formula is C15H22ClNO. The number of hydrogen-bond acceptors (Lipinski definition) is 2. The van der Waals surface area contributed by atoms with Gasteiger partial charge in [-0.05, 0) is 62.5 Å². The van der Waals surface area contributed by atoms with Crippen LogP contribution in [0.25, 0.3) is 0 Å². The summed E-state index contributed by atoms with van der Waals surface area (Å²) in [4.78, 5) is 2.53. The maximum absolute atomic E-state index is 5.74. The molecule has 0 radical (unpaired) electrons. The first-order valence-corrected chi connectivity index (χ1v) is 7.29. The number of halogens is 1. The van der Waals surface area contributed by atoms with Crippen molar-refractivity contribution in [1.29, 1.82) is 0 Å². The molecule has 0 aromatic heterocycles. The summed E-state index contributed by atoms with van der Waals surface area (Å²) in [6, 6.07) is 8.54. The van der Waals surface area contributed by atoms with Gasteiger partial charge in [0.25, 0.3) is 0 Å². The fourth-order valence-electron chi connectivity index (χ4n) is 2.65. The minimum absolute atomic E-state index is 0.711. The summed E-state index contributed by atoms with van der Waals surface area (Å²) in [7, 11) is 1.71. The Hall–Kier alpha value is -0.730. The molecule has 1 aliphatic rings. The van der Waals surface area contributed by atoms with E-state index in [4.69, 9.17) is 16.3 Å². The van der Waals surface area contributed by atoms with Gasteiger partial charge < -0.3 is 9.64 Å². The number of alkyl halides is 1. The Kier molecular flexibility index (Phi) is 5.33. The lowest BCUT2D eigenvalue weighted by Crippen LogP contribution is -2.33. The Morgan fingerprint density at radius 3 is 2.44 bits per heavy atom. The molecule has 0 spiro atoms. The van der Waals surface area contributed by atoms with Crippen molar-refractivity contribution in [3.63, 3.8) is 0 Å². The average molecular weight is 268 g/mol. The summed E-state index contributed by atoms with van der Waals surface area (Å²) in [5.41, 5.74) is 1.45. The highest BCUT2D eigenvalue weighted by Crippen LogP contribution is 2.29. The first-order chi connectivity index (χ1) is 8.83. The Bertz CT molecular complexity index is 344. The van der Waals surface area contributed by atoms with Crippen LogP contribution in [0.5, 0.6) is 5.75 Å². The summed E-state index contributed by atoms with van der Waals surface area (Å²) in [6.45, 7) is 3.56. The molecule has 1 heterocycles. The summed E-state index contributed by atoms with van der Waals surface area (Å²) >= 11 is 5.74. The van der Waals surface area contributed by atoms with Crippen molar-refractivity contribution >= 4 is 11.6 Å². The van der Waals surface area contributed by atoms with Crippen LogP contribution in [0.1, 0.15) is 30.7 Å². The molecule has 1 saturated heterocycles. The van der Waals surface area contributed by atoms with E-state index in [0.717, 1.165) is 24.6 Å². The van der Waals surface area contributed by atoms with Crippen LogP contribution in [-0.4, -0.2) is 37.5 Å². The van der Waals surface area contributed by atoms with Gasteiger partial charge in [0, 0.05) is 5.88 Å². The largest absolute Gasteiger partial charge is 0.497 e. The van der Waals surface area contributed by atoms with Crippen molar-refractivity contribution in [2.75, 3.05) is 32.6 Å². The second kappa shape index (κ2) is 7.01. The van der Waals surface area contributed by atoms with Gasteiger partial charge in [0.15, 0.2) is 0 Å². The highest BCUT2D eigenvalue weighted by molar-refractivity contribution is 6.17. The van der Waals surface area contributed by atoms with Gasteiger partial charge in [-0.15, -0.1) is 11.6 Å². The van der Waals surface area contributed by atoms with Crippen LogP contribution >= 0.6 is 11.6 Å². The highest BCUT2D eigenvalue weighted by Gasteiger charge is 2.19. The van der Waals surface area contributed by atoms with Gasteiger partial charge in [0.05, 0.1) is 7.11 Å². The fraction of sp³-hybridized carbons (Fsp3) is 0.600. The molecule has 0 atom stereocenters. The lowest BCUT2D eigenvalue weighted by atomic mass is 9.89. The molecule has 0 aliphatic carbocycles. The minimum Gasteiger partial charge on any atom is -0.497 e. The number of hydrogen-bond donors (Lipinski definition) is 0. The SMILES string of the molecule is COc1ccc(C2CCN(CCCCl)CC2)cc1. The molecule has 0 N–H and O–H groups in total. The number of methoxy groups -OCH3 is 1. The van der Waals surface area contributed by atoms with Crippen LogP contribution in [0.4, 0.5) is 0 Å². The molecule has 1 aromatic carbocycles. The number of ether oxygens (including phenoxy) is 1. The van der Waals surface area contributed by atoms with Gasteiger partial charge in [-0.1, -0.05) is 12.1 Å². The van der Waals surface area contributed by atoms with Crippen LogP contribution in [0.2, 0.25) is 0 Å². The third-order valence-electron chi connectivity index (χ3n) is 3.78. The van der Waals surface area contributed by atoms with Crippen molar-refractivity contribution in [2.24, 2.45) is 0 Å². The zero-order valence-corrected chi connectivity index (χ0v) is 11.8. The summed E-state index contributed by atoms with van der Waals surface area (Å²) in [5, 5.41) is 0. The maximum atomic E-state index is 5.74. The van der Waals surface area contributed by atoms with Crippen LogP contribution in [0, 0.1) is 0 Å². The lowest BCUT2D eigenvalue weighted by molar-refractivity contribution is 0.213. The van der Waals surface area contributed by atoms with E-state index >= 15 is 0 Å². The fourth-order valence-corrected chi connectivity index (χ4v) is 2.77. The summed E-state index contributed by atoms with van der Waals surface area (Å²) in [5.74, 6) is 2.43. The normalized spacial score (nSPS) is 17.9. The quantitative estimate of drug-likeness (QED) is 0.757. The van der Waals surface area contributed by atoms with Crippen LogP contribution in [0.3, 0.4) is 0 Å². The van der Waals surface area contributed by atoms with E-state index in [9.17, 15) is 0 Å². The van der Waals surface area contributed by atoms with Crippen LogP contribution in [0.15, 0.2) is 24.3 Å². The Balaban J connectivity index is 1.84. The predicted octanol–water partition coefficient (Wildman–Crippen LogP) is 3.50. The van der Waals surface area contributed by atoms with Crippen molar-refractivity contribution in [3.05, 3.63) is 29.8 Å². The molecule has 3 heteroatoms. The second-order valence-electron chi connectivity index (χ2n) is 4.93. The van der Waals surface area contributed by atoms with E-state index in [1.165, 1.54) is 31.5 Å². The smallest absolute Gasteiger partial charge is 0.118 e. The van der Waals surface area contributed by atoms with Crippen molar-refractivity contribution in [3.8, 4) is 5.75 Å². The molecule has 18 heavy (non-hydrogen) atoms. The van der Waals surface area contributed by atoms with E-state index in [1.807, 2.05) is 0 Å². The van der Waals surface area contributed by atoms with E-state index in [0.29, 0.717) is 5.92 Å². The number of benzene rings is 1. The third kappa shape index (κ3) is 3.63. The van der Waals surface area contributed by atoms with E-state index in [1.54, 1.807) is 7.11 Å². The first-order valence-electron chi connectivity index (χ1n) is 6.75. The van der Waals surface area contributed by atoms with Gasteiger partial charge >= 0.3 is 0 Å². The third-order valence-corrected chi connectivity index (χ3v) is 4.05. The molecule has 1 aliphatic heterocycles. The molecule has 1 fully saturated rings. The number of piperidine rings is 1. The minimum atomic E-state index is 0.711. The predicted molar refractivity (Wildman–Crippen MR) is 76.7 cm³/mol. The number of likely N-dealkylation sites (tertiary alicyclic amines) is 1. The zero-order valence-electron chi connectivity index (χ0n) is 11.1. The molecule has 0 unspecified atom stereocenters. The number of nitrogens with zero attached hydrogens (tertiary/aromatic N) is 1. The molecule has 2 rings (SSSR count). The maximum Gasteiger partial charge on any atom is 0.118 e. The molecule has 2 nitrogen and oxygen atoms in total. The number of rotatable bonds is 5. The molecular weight excluding hydrogens is 246 g/mol. The summed E-state index contributed by atoms with van der Waals surface area (Å²) in [6.07, 6.45) is 3.62. The van der Waals surface area contributed by atoms with Gasteiger partial charge in [0.1, 0.15) is 5.75 Å². The Morgan fingerprint density at radius 1 is 1.22 bits per heavy atom. The summed E-state index contributed by atoms with van der Waals surface area (Å²) < 4.78 is 5.20. The first kappa shape index (κ1) is 13.7. The van der Waals surface area contributed by atoms with Crippen molar-refractivity contribution in [2.45, 2.75) is 25.2 Å². The van der Waals surface area contributed by atoms with Gasteiger partial charge in [-0.3, -0.25) is 0 Å². The monoisotopic (exact) mass is 267 g/mol. The van der Waals surface area contributed by atoms with Crippen LogP contribution in [-0.2, 0) is 0 Å².